The van der Waals surface area contributed by atoms with Crippen LogP contribution in [0, 0.1) is 0 Å². The van der Waals surface area contributed by atoms with Gasteiger partial charge in [0, 0.05) is 5.02 Å². The highest BCUT2D eigenvalue weighted by atomic mass is 35.5. The van der Waals surface area contributed by atoms with E-state index in [0.717, 1.165) is 0 Å². The first-order valence-electron chi connectivity index (χ1n) is 4.98. The number of halogens is 4. The van der Waals surface area contributed by atoms with E-state index in [4.69, 9.17) is 11.6 Å². The Kier molecular flexibility index (Phi) is 3.82. The van der Waals surface area contributed by atoms with Crippen LogP contribution in [0.15, 0.2) is 18.2 Å². The van der Waals surface area contributed by atoms with E-state index in [-0.39, 0.29) is 27.9 Å². The molecule has 2 rings (SSSR count). The molecular formula is C10H5ClF3N3O2S. The first kappa shape index (κ1) is 14.5. The van der Waals surface area contributed by atoms with Crippen LogP contribution < -0.4 is 5.32 Å². The number of alkyl halides is 3. The maximum Gasteiger partial charge on any atom is 0.444 e. The predicted octanol–water partition coefficient (Wildman–Crippen LogP) is 3.17. The minimum absolute atomic E-state index is 0.112. The minimum Gasteiger partial charge on any atom is -0.507 e. The van der Waals surface area contributed by atoms with Crippen molar-refractivity contribution in [3.05, 3.63) is 33.8 Å². The second-order valence-corrected chi connectivity index (χ2v) is 4.72. The molecule has 1 amide bonds. The Balaban J connectivity index is 2.20. The summed E-state index contributed by atoms with van der Waals surface area (Å²) < 4.78 is 40.3. The van der Waals surface area contributed by atoms with Gasteiger partial charge in [0.2, 0.25) is 11.0 Å². The summed E-state index contributed by atoms with van der Waals surface area (Å²) in [4.78, 5) is 14.9. The molecule has 0 aliphatic heterocycles. The quantitative estimate of drug-likeness (QED) is 0.890. The number of nitrogens with one attached hydrogen (secondary N) is 1. The Morgan fingerprint density at radius 1 is 1.40 bits per heavy atom. The molecule has 0 spiro atoms. The molecule has 2 N–H and O–H groups in total. The lowest BCUT2D eigenvalue weighted by Crippen LogP contribution is -2.13. The topological polar surface area (TPSA) is 75.1 Å². The zero-order valence-electron chi connectivity index (χ0n) is 9.40. The van der Waals surface area contributed by atoms with Crippen LogP contribution in [0.4, 0.5) is 19.1 Å². The van der Waals surface area contributed by atoms with E-state index in [2.05, 4.69) is 9.36 Å². The number of carbonyl (C=O) groups excluding carboxylic acids is 1. The van der Waals surface area contributed by atoms with Crippen LogP contribution in [-0.4, -0.2) is 20.4 Å². The van der Waals surface area contributed by atoms with Crippen molar-refractivity contribution >= 4 is 35.0 Å². The van der Waals surface area contributed by atoms with Crippen LogP contribution in [0.3, 0.4) is 0 Å². The SMILES string of the molecule is O=C(Nc1nsc(C(F)(F)F)n1)c1cc(Cl)ccc1O. The molecule has 0 aliphatic carbocycles. The van der Waals surface area contributed by atoms with Crippen molar-refractivity contribution in [2.24, 2.45) is 0 Å². The highest BCUT2D eigenvalue weighted by Crippen LogP contribution is 2.31. The van der Waals surface area contributed by atoms with Crippen LogP contribution in [-0.2, 0) is 6.18 Å². The Hall–Kier alpha value is -1.87. The van der Waals surface area contributed by atoms with E-state index >= 15 is 0 Å². The number of hydrogen-bond acceptors (Lipinski definition) is 5. The Morgan fingerprint density at radius 3 is 2.70 bits per heavy atom. The zero-order valence-corrected chi connectivity index (χ0v) is 11.0. The molecular weight excluding hydrogens is 319 g/mol. The lowest BCUT2D eigenvalue weighted by molar-refractivity contribution is -0.137. The van der Waals surface area contributed by atoms with Crippen molar-refractivity contribution < 1.29 is 23.1 Å². The highest BCUT2D eigenvalue weighted by molar-refractivity contribution is 7.05. The van der Waals surface area contributed by atoms with E-state index in [1.807, 2.05) is 5.32 Å². The number of phenolic OH excluding ortho intramolecular Hbond substituents is 1. The Bertz CT molecular complexity index is 659. The summed E-state index contributed by atoms with van der Waals surface area (Å²) in [5, 5.41) is 10.5. The lowest BCUT2D eigenvalue weighted by Gasteiger charge is -2.04. The smallest absolute Gasteiger partial charge is 0.444 e. The molecule has 106 valence electrons. The van der Waals surface area contributed by atoms with Gasteiger partial charge in [-0.25, -0.2) is 0 Å². The summed E-state index contributed by atoms with van der Waals surface area (Å²) in [6.07, 6.45) is -4.63. The molecule has 1 aromatic heterocycles. The van der Waals surface area contributed by atoms with Crippen molar-refractivity contribution in [2.45, 2.75) is 6.18 Å². The molecule has 0 atom stereocenters. The second-order valence-electron chi connectivity index (χ2n) is 3.54. The molecule has 1 heterocycles. The summed E-state index contributed by atoms with van der Waals surface area (Å²) in [7, 11) is 0. The van der Waals surface area contributed by atoms with E-state index < -0.39 is 23.0 Å². The van der Waals surface area contributed by atoms with Gasteiger partial charge in [-0.3, -0.25) is 10.1 Å². The first-order valence-corrected chi connectivity index (χ1v) is 6.13. The average Bonchev–Trinajstić information content (AvgIpc) is 2.80. The van der Waals surface area contributed by atoms with E-state index in [1.165, 1.54) is 18.2 Å². The molecule has 0 fully saturated rings. The van der Waals surface area contributed by atoms with Gasteiger partial charge in [-0.2, -0.15) is 22.5 Å². The van der Waals surface area contributed by atoms with Crippen LogP contribution >= 0.6 is 23.1 Å². The van der Waals surface area contributed by atoms with Gasteiger partial charge in [0.05, 0.1) is 5.56 Å². The Morgan fingerprint density at radius 2 is 2.10 bits per heavy atom. The normalized spacial score (nSPS) is 11.4. The average molecular weight is 324 g/mol. The molecule has 0 bridgehead atoms. The molecule has 1 aromatic carbocycles. The minimum atomic E-state index is -4.63. The van der Waals surface area contributed by atoms with Crippen LogP contribution in [0.5, 0.6) is 5.75 Å². The summed E-state index contributed by atoms with van der Waals surface area (Å²) >= 11 is 5.77. The number of phenols is 1. The number of carbonyl (C=O) groups is 1. The van der Waals surface area contributed by atoms with Gasteiger partial charge in [0.1, 0.15) is 5.75 Å². The second kappa shape index (κ2) is 5.25. The third-order valence-corrected chi connectivity index (χ3v) is 3.09. The van der Waals surface area contributed by atoms with Crippen molar-refractivity contribution in [3.8, 4) is 5.75 Å². The molecule has 5 nitrogen and oxygen atoms in total. The summed E-state index contributed by atoms with van der Waals surface area (Å²) in [6, 6.07) is 3.71. The predicted molar refractivity (Wildman–Crippen MR) is 66.0 cm³/mol. The fraction of sp³-hybridized carbons (Fsp3) is 0.100. The van der Waals surface area contributed by atoms with Gasteiger partial charge < -0.3 is 5.11 Å². The number of amides is 1. The van der Waals surface area contributed by atoms with Gasteiger partial charge in [0.25, 0.3) is 5.91 Å². The number of nitrogens with zero attached hydrogens (tertiary/aromatic N) is 2. The molecule has 0 aliphatic rings. The highest BCUT2D eigenvalue weighted by Gasteiger charge is 2.35. The third kappa shape index (κ3) is 3.17. The number of aromatic nitrogens is 2. The van der Waals surface area contributed by atoms with Crippen LogP contribution in [0.1, 0.15) is 15.4 Å². The molecule has 0 unspecified atom stereocenters. The summed E-state index contributed by atoms with van der Waals surface area (Å²) in [5.74, 6) is -1.72. The molecule has 0 saturated heterocycles. The number of benzene rings is 1. The zero-order chi connectivity index (χ0) is 14.9. The van der Waals surface area contributed by atoms with Crippen molar-refractivity contribution in [2.75, 3.05) is 5.32 Å². The van der Waals surface area contributed by atoms with Crippen molar-refractivity contribution in [3.63, 3.8) is 0 Å². The van der Waals surface area contributed by atoms with Gasteiger partial charge in [-0.1, -0.05) is 11.6 Å². The maximum absolute atomic E-state index is 12.3. The summed E-state index contributed by atoms with van der Waals surface area (Å²) in [6.45, 7) is 0. The first-order chi connectivity index (χ1) is 9.27. The van der Waals surface area contributed by atoms with Crippen molar-refractivity contribution in [1.82, 2.24) is 9.36 Å². The standard InChI is InChI=1S/C10H5ClF3N3O2S/c11-4-1-2-6(18)5(3-4)7(19)15-9-16-8(20-17-9)10(12,13)14/h1-3,18H,(H,15,17,19). The van der Waals surface area contributed by atoms with Gasteiger partial charge >= 0.3 is 6.18 Å². The number of rotatable bonds is 2. The largest absolute Gasteiger partial charge is 0.507 e. The Labute approximate surface area is 119 Å². The molecule has 0 radical (unpaired) electrons. The molecule has 10 heteroatoms. The van der Waals surface area contributed by atoms with E-state index in [0.29, 0.717) is 0 Å². The van der Waals surface area contributed by atoms with Crippen LogP contribution in [0.2, 0.25) is 5.02 Å². The molecule has 2 aromatic rings. The number of aromatic hydroxyl groups is 1. The van der Waals surface area contributed by atoms with Crippen molar-refractivity contribution in [1.29, 1.82) is 0 Å². The van der Waals surface area contributed by atoms with Gasteiger partial charge in [-0.05, 0) is 29.7 Å². The van der Waals surface area contributed by atoms with E-state index in [1.54, 1.807) is 0 Å². The number of hydrogen-bond donors (Lipinski definition) is 2. The molecule has 20 heavy (non-hydrogen) atoms. The fourth-order valence-electron chi connectivity index (χ4n) is 1.25. The summed E-state index contributed by atoms with van der Waals surface area (Å²) in [5.41, 5.74) is -0.194. The fourth-order valence-corrected chi connectivity index (χ4v) is 1.91. The monoisotopic (exact) mass is 323 g/mol. The van der Waals surface area contributed by atoms with Gasteiger partial charge in [0.15, 0.2) is 0 Å². The maximum atomic E-state index is 12.3. The molecule has 0 saturated carbocycles. The van der Waals surface area contributed by atoms with E-state index in [9.17, 15) is 23.1 Å². The van der Waals surface area contributed by atoms with Crippen LogP contribution in [0.25, 0.3) is 0 Å². The third-order valence-electron chi connectivity index (χ3n) is 2.10. The lowest BCUT2D eigenvalue weighted by atomic mass is 10.2. The van der Waals surface area contributed by atoms with Gasteiger partial charge in [-0.15, -0.1) is 0 Å². The number of anilines is 1.